The van der Waals surface area contributed by atoms with Crippen molar-refractivity contribution in [2.24, 2.45) is 0 Å². The predicted octanol–water partition coefficient (Wildman–Crippen LogP) is 1.25. The van der Waals surface area contributed by atoms with Gasteiger partial charge in [-0.3, -0.25) is 4.79 Å². The largest absolute Gasteiger partial charge is 0.328 e. The number of amides is 1. The Morgan fingerprint density at radius 2 is 2.11 bits per heavy atom. The smallest absolute Gasteiger partial charge is 0.294 e. The van der Waals surface area contributed by atoms with E-state index in [0.29, 0.717) is 18.9 Å². The molecule has 1 amide bonds. The Hall–Kier alpha value is -2.50. The Morgan fingerprint density at radius 1 is 1.42 bits per heavy atom. The van der Waals surface area contributed by atoms with Crippen molar-refractivity contribution in [2.45, 2.75) is 6.92 Å². The zero-order valence-electron chi connectivity index (χ0n) is 10.8. The maximum atomic E-state index is 12.3. The van der Waals surface area contributed by atoms with E-state index in [1.54, 1.807) is 33.8 Å². The van der Waals surface area contributed by atoms with E-state index in [4.69, 9.17) is 0 Å². The first kappa shape index (κ1) is 12.9. The summed E-state index contributed by atoms with van der Waals surface area (Å²) >= 11 is 0. The van der Waals surface area contributed by atoms with Gasteiger partial charge in [-0.2, -0.15) is 4.98 Å². The monoisotopic (exact) mass is 257 g/mol. The third kappa shape index (κ3) is 2.52. The lowest BCUT2D eigenvalue weighted by molar-refractivity contribution is 0.0779. The lowest BCUT2D eigenvalue weighted by Crippen LogP contribution is -2.32. The zero-order valence-corrected chi connectivity index (χ0v) is 10.8. The molecule has 98 valence electrons. The number of hydrogen-bond donors (Lipinski definition) is 0. The summed E-state index contributed by atoms with van der Waals surface area (Å²) in [5, 5.41) is 4.18. The molecule has 0 atom stereocenters. The number of aryl methyl sites for hydroxylation is 1. The van der Waals surface area contributed by atoms with E-state index in [9.17, 15) is 4.79 Å². The van der Waals surface area contributed by atoms with Crippen LogP contribution < -0.4 is 0 Å². The van der Waals surface area contributed by atoms with Gasteiger partial charge in [-0.1, -0.05) is 12.2 Å². The lowest BCUT2D eigenvalue weighted by atomic mass is 10.4. The first-order chi connectivity index (χ1) is 9.17. The number of hydrogen-bond acceptors (Lipinski definition) is 4. The fourth-order valence-electron chi connectivity index (χ4n) is 1.69. The first-order valence-corrected chi connectivity index (χ1v) is 5.87. The molecule has 0 aliphatic carbocycles. The van der Waals surface area contributed by atoms with E-state index in [0.717, 1.165) is 5.69 Å². The Morgan fingerprint density at radius 3 is 2.68 bits per heavy atom. The molecular weight excluding hydrogens is 242 g/mol. The van der Waals surface area contributed by atoms with Gasteiger partial charge in [-0.25, -0.2) is 9.50 Å². The van der Waals surface area contributed by atoms with E-state index < -0.39 is 0 Å². The van der Waals surface area contributed by atoms with Gasteiger partial charge in [0.2, 0.25) is 5.82 Å². The van der Waals surface area contributed by atoms with Crippen LogP contribution in [0.15, 0.2) is 37.6 Å². The highest BCUT2D eigenvalue weighted by Crippen LogP contribution is 2.05. The minimum Gasteiger partial charge on any atom is -0.328 e. The molecule has 0 aromatic carbocycles. The maximum absolute atomic E-state index is 12.3. The normalized spacial score (nSPS) is 10.4. The minimum atomic E-state index is -0.260. The average Bonchev–Trinajstić information content (AvgIpc) is 2.83. The molecule has 0 saturated heterocycles. The van der Waals surface area contributed by atoms with Crippen molar-refractivity contribution in [2.75, 3.05) is 13.1 Å². The van der Waals surface area contributed by atoms with Crippen LogP contribution in [-0.2, 0) is 0 Å². The third-order valence-corrected chi connectivity index (χ3v) is 2.61. The van der Waals surface area contributed by atoms with E-state index in [1.165, 1.54) is 0 Å². The summed E-state index contributed by atoms with van der Waals surface area (Å²) in [4.78, 5) is 22.0. The summed E-state index contributed by atoms with van der Waals surface area (Å²) in [5.41, 5.74) is 0.871. The Bertz CT molecular complexity index is 621. The fourth-order valence-corrected chi connectivity index (χ4v) is 1.69. The molecule has 2 rings (SSSR count). The second-order valence-corrected chi connectivity index (χ2v) is 4.02. The highest BCUT2D eigenvalue weighted by Gasteiger charge is 2.19. The van der Waals surface area contributed by atoms with Gasteiger partial charge in [0.1, 0.15) is 0 Å². The molecule has 2 aromatic heterocycles. The van der Waals surface area contributed by atoms with Crippen molar-refractivity contribution in [1.29, 1.82) is 0 Å². The van der Waals surface area contributed by atoms with Gasteiger partial charge in [0, 0.05) is 25.0 Å². The van der Waals surface area contributed by atoms with Crippen LogP contribution in [0.4, 0.5) is 0 Å². The van der Waals surface area contributed by atoms with Crippen LogP contribution in [0.25, 0.3) is 5.78 Å². The predicted molar refractivity (Wildman–Crippen MR) is 71.8 cm³/mol. The van der Waals surface area contributed by atoms with Crippen molar-refractivity contribution >= 4 is 11.7 Å². The molecule has 0 spiro atoms. The van der Waals surface area contributed by atoms with Gasteiger partial charge in [0.15, 0.2) is 0 Å². The van der Waals surface area contributed by atoms with Crippen molar-refractivity contribution in [3.8, 4) is 0 Å². The molecule has 19 heavy (non-hydrogen) atoms. The molecule has 0 unspecified atom stereocenters. The van der Waals surface area contributed by atoms with Crippen molar-refractivity contribution < 1.29 is 4.79 Å². The third-order valence-electron chi connectivity index (χ3n) is 2.61. The van der Waals surface area contributed by atoms with Crippen LogP contribution in [0.3, 0.4) is 0 Å². The number of rotatable bonds is 5. The van der Waals surface area contributed by atoms with E-state index in [1.807, 2.05) is 6.92 Å². The summed E-state index contributed by atoms with van der Waals surface area (Å²) < 4.78 is 1.55. The molecule has 0 aliphatic heterocycles. The topological polar surface area (TPSA) is 63.4 Å². The molecule has 0 N–H and O–H groups in total. The number of nitrogens with zero attached hydrogens (tertiary/aromatic N) is 5. The SMILES string of the molecule is C=CCN(CC=C)C(=O)c1nc2nccc(C)n2n1. The van der Waals surface area contributed by atoms with Crippen LogP contribution in [0.2, 0.25) is 0 Å². The second kappa shape index (κ2) is 5.43. The van der Waals surface area contributed by atoms with Crippen molar-refractivity contribution in [3.05, 3.63) is 49.1 Å². The zero-order chi connectivity index (χ0) is 13.8. The van der Waals surface area contributed by atoms with E-state index in [-0.39, 0.29) is 11.7 Å². The standard InChI is InChI=1S/C13H15N5O/c1-4-8-17(9-5-2)12(19)11-15-13-14-7-6-10(3)18(13)16-11/h4-7H,1-2,8-9H2,3H3. The molecule has 0 radical (unpaired) electrons. The molecular formula is C13H15N5O. The van der Waals surface area contributed by atoms with Gasteiger partial charge in [0.05, 0.1) is 0 Å². The van der Waals surface area contributed by atoms with Gasteiger partial charge in [-0.05, 0) is 13.0 Å². The minimum absolute atomic E-state index is 0.130. The Labute approximate surface area is 111 Å². The van der Waals surface area contributed by atoms with Crippen LogP contribution in [0, 0.1) is 6.92 Å². The quantitative estimate of drug-likeness (QED) is 0.756. The summed E-state index contributed by atoms with van der Waals surface area (Å²) in [7, 11) is 0. The fraction of sp³-hybridized carbons (Fsp3) is 0.231. The van der Waals surface area contributed by atoms with Crippen molar-refractivity contribution in [1.82, 2.24) is 24.5 Å². The van der Waals surface area contributed by atoms with Gasteiger partial charge in [0.25, 0.3) is 11.7 Å². The summed E-state index contributed by atoms with van der Waals surface area (Å²) in [5.74, 6) is 0.288. The number of carbonyl (C=O) groups excluding carboxylic acids is 1. The number of aromatic nitrogens is 4. The summed E-state index contributed by atoms with van der Waals surface area (Å²) in [6.45, 7) is 9.98. The maximum Gasteiger partial charge on any atom is 0.294 e. The number of carbonyl (C=O) groups is 1. The van der Waals surface area contributed by atoms with Crippen LogP contribution in [0.1, 0.15) is 16.3 Å². The molecule has 0 aliphatic rings. The molecule has 2 heterocycles. The Balaban J connectivity index is 2.37. The summed E-state index contributed by atoms with van der Waals surface area (Å²) in [6.07, 6.45) is 4.94. The van der Waals surface area contributed by atoms with Gasteiger partial charge < -0.3 is 4.90 Å². The van der Waals surface area contributed by atoms with Crippen LogP contribution >= 0.6 is 0 Å². The van der Waals surface area contributed by atoms with Gasteiger partial charge in [-0.15, -0.1) is 18.3 Å². The molecule has 0 saturated carbocycles. The van der Waals surface area contributed by atoms with Crippen LogP contribution in [0.5, 0.6) is 0 Å². The molecule has 2 aromatic rings. The molecule has 6 heteroatoms. The highest BCUT2D eigenvalue weighted by molar-refractivity contribution is 5.91. The van der Waals surface area contributed by atoms with E-state index >= 15 is 0 Å². The Kier molecular flexibility index (Phi) is 3.70. The number of fused-ring (bicyclic) bond motifs is 1. The molecule has 0 bridgehead atoms. The highest BCUT2D eigenvalue weighted by atomic mass is 16.2. The van der Waals surface area contributed by atoms with Crippen LogP contribution in [-0.4, -0.2) is 43.5 Å². The molecule has 6 nitrogen and oxygen atoms in total. The second-order valence-electron chi connectivity index (χ2n) is 4.02. The van der Waals surface area contributed by atoms with E-state index in [2.05, 4.69) is 28.2 Å². The lowest BCUT2D eigenvalue weighted by Gasteiger charge is -2.16. The van der Waals surface area contributed by atoms with Crippen molar-refractivity contribution in [3.63, 3.8) is 0 Å². The first-order valence-electron chi connectivity index (χ1n) is 5.87. The average molecular weight is 257 g/mol. The molecule has 0 fully saturated rings. The summed E-state index contributed by atoms with van der Waals surface area (Å²) in [6, 6.07) is 1.81. The van der Waals surface area contributed by atoms with Gasteiger partial charge >= 0.3 is 0 Å².